The number of pyridine rings is 1. The molecule has 0 unspecified atom stereocenters. The lowest BCUT2D eigenvalue weighted by molar-refractivity contribution is 0.0615. The lowest BCUT2D eigenvalue weighted by atomic mass is 10.0. The van der Waals surface area contributed by atoms with E-state index in [1.54, 1.807) is 11.0 Å². The summed E-state index contributed by atoms with van der Waals surface area (Å²) in [6, 6.07) is 14.2. The molecule has 1 saturated heterocycles. The van der Waals surface area contributed by atoms with E-state index in [0.717, 1.165) is 51.0 Å². The maximum absolute atomic E-state index is 12.9. The lowest BCUT2D eigenvalue weighted by Gasteiger charge is -2.37. The van der Waals surface area contributed by atoms with Gasteiger partial charge in [-0.2, -0.15) is 0 Å². The average molecular weight is 396 g/mol. The Balaban J connectivity index is 1.56. The number of aryl methyl sites for hydroxylation is 1. The molecule has 0 saturated carbocycles. The molecular weight excluding hydrogens is 362 g/mol. The molecule has 1 atom stereocenters. The van der Waals surface area contributed by atoms with E-state index in [9.17, 15) is 9.59 Å². The number of hydrogen-bond donors (Lipinski definition) is 1. The van der Waals surface area contributed by atoms with Crippen LogP contribution in [-0.4, -0.2) is 53.4 Å². The molecule has 5 heteroatoms. The topological polar surface area (TPSA) is 56.4 Å². The number of rotatable bonds is 7. The van der Waals surface area contributed by atoms with Crippen LogP contribution in [0.15, 0.2) is 47.3 Å². The van der Waals surface area contributed by atoms with E-state index in [-0.39, 0.29) is 29.0 Å². The Morgan fingerprint density at radius 3 is 2.66 bits per heavy atom. The Morgan fingerprint density at radius 2 is 1.97 bits per heavy atom. The minimum atomic E-state index is -0.288. The van der Waals surface area contributed by atoms with Gasteiger partial charge in [-0.05, 0) is 62.4 Å². The van der Waals surface area contributed by atoms with E-state index in [2.05, 4.69) is 34.1 Å². The van der Waals surface area contributed by atoms with E-state index in [1.807, 2.05) is 33.0 Å². The third kappa shape index (κ3) is 5.57. The number of amides is 1. The van der Waals surface area contributed by atoms with Crippen LogP contribution in [0.2, 0.25) is 0 Å². The molecule has 1 aliphatic rings. The highest BCUT2D eigenvalue weighted by atomic mass is 16.2. The van der Waals surface area contributed by atoms with E-state index in [4.69, 9.17) is 0 Å². The highest BCUT2D eigenvalue weighted by Crippen LogP contribution is 2.18. The summed E-state index contributed by atoms with van der Waals surface area (Å²) in [4.78, 5) is 32.4. The van der Waals surface area contributed by atoms with Crippen LogP contribution in [0.5, 0.6) is 0 Å². The third-order valence-corrected chi connectivity index (χ3v) is 5.92. The van der Waals surface area contributed by atoms with Crippen LogP contribution in [0.4, 0.5) is 0 Å². The number of likely N-dealkylation sites (N-methyl/N-ethyl adjacent to an activating group) is 1. The molecule has 1 aliphatic heterocycles. The van der Waals surface area contributed by atoms with Gasteiger partial charge in [0.05, 0.1) is 0 Å². The summed E-state index contributed by atoms with van der Waals surface area (Å²) >= 11 is 0. The van der Waals surface area contributed by atoms with Crippen LogP contribution in [0.1, 0.15) is 60.6 Å². The Morgan fingerprint density at radius 1 is 1.21 bits per heavy atom. The fourth-order valence-corrected chi connectivity index (χ4v) is 4.05. The molecule has 2 aromatic rings. The molecule has 0 aliphatic carbocycles. The van der Waals surface area contributed by atoms with Gasteiger partial charge >= 0.3 is 0 Å². The molecule has 3 rings (SSSR count). The number of likely N-dealkylation sites (tertiary alicyclic amines) is 1. The molecule has 156 valence electrons. The van der Waals surface area contributed by atoms with Crippen molar-refractivity contribution in [2.45, 2.75) is 51.5 Å². The standard InChI is InChI=1S/C24H33N3O2/c1-18(2)22-14-13-21(23(28)25-22)24(29)26(3)20-12-8-16-27(17-20)15-7-11-19-9-5-4-6-10-19/h4-6,9-10,13-14,18,20H,7-8,11-12,15-17H2,1-3H3,(H,25,28)/t20-/m1/s1. The first-order valence-electron chi connectivity index (χ1n) is 10.7. The Kier molecular flexibility index (Phi) is 7.26. The van der Waals surface area contributed by atoms with Gasteiger partial charge in [0.1, 0.15) is 5.56 Å². The van der Waals surface area contributed by atoms with Gasteiger partial charge in [-0.15, -0.1) is 0 Å². The SMILES string of the molecule is CC(C)c1ccc(C(=O)N(C)[C@@H]2CCCN(CCCc3ccccc3)C2)c(=O)[nH]1. The first-order valence-corrected chi connectivity index (χ1v) is 10.7. The number of carbonyl (C=O) groups excluding carboxylic acids is 1. The van der Waals surface area contributed by atoms with E-state index < -0.39 is 0 Å². The number of H-pyrrole nitrogens is 1. The molecule has 1 N–H and O–H groups in total. The minimum Gasteiger partial charge on any atom is -0.337 e. The second-order valence-electron chi connectivity index (χ2n) is 8.41. The molecule has 1 amide bonds. The quantitative estimate of drug-likeness (QED) is 0.778. The second kappa shape index (κ2) is 9.88. The summed E-state index contributed by atoms with van der Waals surface area (Å²) in [5.41, 5.74) is 2.18. The minimum absolute atomic E-state index is 0.150. The second-order valence-corrected chi connectivity index (χ2v) is 8.41. The summed E-state index contributed by atoms with van der Waals surface area (Å²) in [5.74, 6) is 0.0464. The molecule has 2 heterocycles. The van der Waals surface area contributed by atoms with Gasteiger partial charge in [0.15, 0.2) is 0 Å². The van der Waals surface area contributed by atoms with Crippen LogP contribution in [0, 0.1) is 0 Å². The van der Waals surface area contributed by atoms with Crippen LogP contribution < -0.4 is 5.56 Å². The summed E-state index contributed by atoms with van der Waals surface area (Å²) in [6.45, 7) is 7.04. The van der Waals surface area contributed by atoms with Gasteiger partial charge in [0, 0.05) is 25.3 Å². The van der Waals surface area contributed by atoms with E-state index in [1.165, 1.54) is 5.56 Å². The van der Waals surface area contributed by atoms with Crippen LogP contribution in [0.3, 0.4) is 0 Å². The highest BCUT2D eigenvalue weighted by molar-refractivity contribution is 5.93. The molecule has 0 spiro atoms. The maximum Gasteiger partial charge on any atom is 0.261 e. The van der Waals surface area contributed by atoms with Crippen molar-refractivity contribution in [2.24, 2.45) is 0 Å². The summed E-state index contributed by atoms with van der Waals surface area (Å²) < 4.78 is 0. The molecule has 0 radical (unpaired) electrons. The van der Waals surface area contributed by atoms with Crippen molar-refractivity contribution in [3.8, 4) is 0 Å². The maximum atomic E-state index is 12.9. The van der Waals surface area contributed by atoms with Gasteiger partial charge in [-0.25, -0.2) is 0 Å². The Labute approximate surface area is 173 Å². The van der Waals surface area contributed by atoms with Gasteiger partial charge in [-0.3, -0.25) is 9.59 Å². The summed E-state index contributed by atoms with van der Waals surface area (Å²) in [7, 11) is 1.83. The van der Waals surface area contributed by atoms with Crippen molar-refractivity contribution in [1.29, 1.82) is 0 Å². The lowest BCUT2D eigenvalue weighted by Crippen LogP contribution is -2.49. The van der Waals surface area contributed by atoms with Gasteiger partial charge in [0.25, 0.3) is 11.5 Å². The van der Waals surface area contributed by atoms with Crippen molar-refractivity contribution in [1.82, 2.24) is 14.8 Å². The molecular formula is C24H33N3O2. The van der Waals surface area contributed by atoms with E-state index >= 15 is 0 Å². The zero-order valence-electron chi connectivity index (χ0n) is 17.9. The first-order chi connectivity index (χ1) is 14.0. The number of aromatic amines is 1. The number of carbonyl (C=O) groups is 1. The number of piperidine rings is 1. The van der Waals surface area contributed by atoms with Crippen LogP contribution in [-0.2, 0) is 6.42 Å². The monoisotopic (exact) mass is 395 g/mol. The van der Waals surface area contributed by atoms with Crippen molar-refractivity contribution in [3.63, 3.8) is 0 Å². The smallest absolute Gasteiger partial charge is 0.261 e. The Hall–Kier alpha value is -2.40. The zero-order valence-corrected chi connectivity index (χ0v) is 17.9. The molecule has 5 nitrogen and oxygen atoms in total. The van der Waals surface area contributed by atoms with Gasteiger partial charge in [0.2, 0.25) is 0 Å². The molecule has 0 bridgehead atoms. The van der Waals surface area contributed by atoms with Crippen LogP contribution >= 0.6 is 0 Å². The normalized spacial score (nSPS) is 17.4. The molecule has 1 fully saturated rings. The summed E-state index contributed by atoms with van der Waals surface area (Å²) in [6.07, 6.45) is 4.26. The average Bonchev–Trinajstić information content (AvgIpc) is 2.73. The highest BCUT2D eigenvalue weighted by Gasteiger charge is 2.27. The first kappa shape index (κ1) is 21.3. The van der Waals surface area contributed by atoms with E-state index in [0.29, 0.717) is 0 Å². The zero-order chi connectivity index (χ0) is 20.8. The molecule has 1 aromatic carbocycles. The van der Waals surface area contributed by atoms with Crippen LogP contribution in [0.25, 0.3) is 0 Å². The Bertz CT molecular complexity index is 860. The molecule has 29 heavy (non-hydrogen) atoms. The number of hydrogen-bond acceptors (Lipinski definition) is 3. The molecule has 1 aromatic heterocycles. The van der Waals surface area contributed by atoms with Gasteiger partial charge < -0.3 is 14.8 Å². The number of benzene rings is 1. The van der Waals surface area contributed by atoms with Crippen molar-refractivity contribution in [2.75, 3.05) is 26.7 Å². The largest absolute Gasteiger partial charge is 0.337 e. The van der Waals surface area contributed by atoms with Crippen molar-refractivity contribution >= 4 is 5.91 Å². The number of aromatic nitrogens is 1. The van der Waals surface area contributed by atoms with Crippen molar-refractivity contribution < 1.29 is 4.79 Å². The van der Waals surface area contributed by atoms with Gasteiger partial charge in [-0.1, -0.05) is 44.2 Å². The predicted molar refractivity (Wildman–Crippen MR) is 117 cm³/mol. The summed E-state index contributed by atoms with van der Waals surface area (Å²) in [5, 5.41) is 0. The predicted octanol–water partition coefficient (Wildman–Crippen LogP) is 3.67. The third-order valence-electron chi connectivity index (χ3n) is 5.92. The fourth-order valence-electron chi connectivity index (χ4n) is 4.05. The number of nitrogens with zero attached hydrogens (tertiary/aromatic N) is 2. The number of nitrogens with one attached hydrogen (secondary N) is 1. The fraction of sp³-hybridized carbons (Fsp3) is 0.500. The van der Waals surface area contributed by atoms with Crippen molar-refractivity contribution in [3.05, 3.63) is 69.6 Å².